The predicted octanol–water partition coefficient (Wildman–Crippen LogP) is 2.15. The van der Waals surface area contributed by atoms with E-state index in [1.54, 1.807) is 6.92 Å². The number of carbonyl (C=O) groups excluding carboxylic acids is 1. The normalized spacial score (nSPS) is 18.0. The van der Waals surface area contributed by atoms with Crippen molar-refractivity contribution in [2.24, 2.45) is 0 Å². The molecule has 1 saturated heterocycles. The second kappa shape index (κ2) is 8.00. The molecule has 1 aromatic heterocycles. The van der Waals surface area contributed by atoms with Crippen molar-refractivity contribution in [1.82, 2.24) is 14.8 Å². The van der Waals surface area contributed by atoms with E-state index < -0.39 is 22.8 Å². The van der Waals surface area contributed by atoms with Crippen LogP contribution in [0.2, 0.25) is 0 Å². The third-order valence-corrected chi connectivity index (χ3v) is 5.06. The Morgan fingerprint density at radius 3 is 3.04 bits per heavy atom. The third-order valence-electron chi connectivity index (χ3n) is 3.97. The lowest BCUT2D eigenvalue weighted by atomic mass is 10.2. The summed E-state index contributed by atoms with van der Waals surface area (Å²) < 4.78 is 33.6. The first-order chi connectivity index (χ1) is 12.4. The van der Waals surface area contributed by atoms with E-state index in [4.69, 9.17) is 4.74 Å². The maximum Gasteiger partial charge on any atom is 0.344 e. The van der Waals surface area contributed by atoms with Crippen molar-refractivity contribution in [2.45, 2.75) is 42.8 Å². The first-order valence-corrected chi connectivity index (χ1v) is 9.01. The number of aromatic nitrogens is 3. The van der Waals surface area contributed by atoms with Gasteiger partial charge in [0.2, 0.25) is 5.91 Å². The minimum Gasteiger partial charge on any atom is -0.376 e. The maximum absolute atomic E-state index is 13.7. The quantitative estimate of drug-likeness (QED) is 0.745. The number of rotatable bonds is 6. The fraction of sp³-hybridized carbons (Fsp3) is 0.438. The first kappa shape index (κ1) is 18.6. The van der Waals surface area contributed by atoms with E-state index in [1.807, 2.05) is 0 Å². The molecule has 0 saturated carbocycles. The molecule has 3 rings (SSSR count). The second-order valence-electron chi connectivity index (χ2n) is 5.93. The highest BCUT2D eigenvalue weighted by Gasteiger charge is 2.23. The van der Waals surface area contributed by atoms with Crippen molar-refractivity contribution >= 4 is 23.4 Å². The summed E-state index contributed by atoms with van der Waals surface area (Å²) in [5, 5.41) is 8.42. The van der Waals surface area contributed by atoms with Gasteiger partial charge < -0.3 is 10.1 Å². The lowest BCUT2D eigenvalue weighted by molar-refractivity contribution is -0.115. The summed E-state index contributed by atoms with van der Waals surface area (Å²) in [7, 11) is 0. The molecule has 1 amide bonds. The fourth-order valence-electron chi connectivity index (χ4n) is 2.58. The summed E-state index contributed by atoms with van der Waals surface area (Å²) >= 11 is 1.07. The van der Waals surface area contributed by atoms with Crippen LogP contribution in [0.5, 0.6) is 0 Å². The van der Waals surface area contributed by atoms with E-state index in [-0.39, 0.29) is 17.5 Å². The summed E-state index contributed by atoms with van der Waals surface area (Å²) in [5.41, 5.74) is -0.484. The van der Waals surface area contributed by atoms with Crippen molar-refractivity contribution in [3.63, 3.8) is 0 Å². The van der Waals surface area contributed by atoms with Gasteiger partial charge in [0.15, 0.2) is 5.16 Å². The molecule has 0 unspecified atom stereocenters. The highest BCUT2D eigenvalue weighted by Crippen LogP contribution is 2.24. The van der Waals surface area contributed by atoms with Crippen LogP contribution in [0, 0.1) is 11.6 Å². The Hall–Kier alpha value is -2.20. The van der Waals surface area contributed by atoms with Crippen LogP contribution < -0.4 is 11.0 Å². The number of nitrogens with one attached hydrogen (secondary N) is 2. The summed E-state index contributed by atoms with van der Waals surface area (Å²) in [6, 6.07) is 2.91. The topological polar surface area (TPSA) is 89.0 Å². The number of benzene rings is 1. The number of halogens is 2. The van der Waals surface area contributed by atoms with Gasteiger partial charge in [-0.05, 0) is 31.9 Å². The Balaban J connectivity index is 1.66. The number of anilines is 1. The lowest BCUT2D eigenvalue weighted by Gasteiger charge is -2.14. The molecule has 1 aliphatic rings. The van der Waals surface area contributed by atoms with Crippen LogP contribution in [0.4, 0.5) is 14.5 Å². The molecule has 7 nitrogen and oxygen atoms in total. The van der Waals surface area contributed by atoms with Gasteiger partial charge in [-0.1, -0.05) is 11.8 Å². The highest BCUT2D eigenvalue weighted by atomic mass is 32.2. The third kappa shape index (κ3) is 4.31. The number of aromatic amines is 1. The number of H-pyrrole nitrogens is 1. The van der Waals surface area contributed by atoms with Crippen molar-refractivity contribution < 1.29 is 18.3 Å². The molecule has 140 valence electrons. The zero-order valence-corrected chi connectivity index (χ0v) is 14.8. The Morgan fingerprint density at radius 2 is 2.35 bits per heavy atom. The van der Waals surface area contributed by atoms with E-state index in [9.17, 15) is 18.4 Å². The van der Waals surface area contributed by atoms with E-state index in [2.05, 4.69) is 15.5 Å². The molecule has 2 atom stereocenters. The van der Waals surface area contributed by atoms with Crippen LogP contribution in [0.3, 0.4) is 0 Å². The minimum atomic E-state index is -0.856. The summed E-state index contributed by atoms with van der Waals surface area (Å²) in [6.07, 6.45) is 1.76. The average Bonchev–Trinajstić information content (AvgIpc) is 3.22. The minimum absolute atomic E-state index is 0.0536. The van der Waals surface area contributed by atoms with Gasteiger partial charge in [-0.2, -0.15) is 0 Å². The number of carbonyl (C=O) groups is 1. The molecular weight excluding hydrogens is 366 g/mol. The SMILES string of the molecule is C[C@@H](Sc1n[nH]c(=O)n1C[C@@H]1CCCO1)C(=O)Nc1ccc(F)cc1F. The molecule has 1 aromatic carbocycles. The molecule has 1 fully saturated rings. The predicted molar refractivity (Wildman–Crippen MR) is 92.1 cm³/mol. The molecule has 0 bridgehead atoms. The van der Waals surface area contributed by atoms with Crippen molar-refractivity contribution in [2.75, 3.05) is 11.9 Å². The van der Waals surface area contributed by atoms with Gasteiger partial charge in [-0.15, -0.1) is 5.10 Å². The van der Waals surface area contributed by atoms with E-state index in [0.29, 0.717) is 24.4 Å². The standard InChI is InChI=1S/C16H18F2N4O3S/c1-9(14(23)19-13-5-4-10(17)7-12(13)18)26-16-21-20-15(24)22(16)8-11-3-2-6-25-11/h4-5,7,9,11H,2-3,6,8H2,1H3,(H,19,23)(H,20,24)/t9-,11+/m1/s1. The molecule has 1 aliphatic heterocycles. The molecule has 2 aromatic rings. The molecule has 2 heterocycles. The van der Waals surface area contributed by atoms with Gasteiger partial charge in [-0.3, -0.25) is 9.36 Å². The maximum atomic E-state index is 13.7. The highest BCUT2D eigenvalue weighted by molar-refractivity contribution is 8.00. The van der Waals surface area contributed by atoms with Crippen molar-refractivity contribution in [3.8, 4) is 0 Å². The molecule has 0 aliphatic carbocycles. The van der Waals surface area contributed by atoms with Crippen LogP contribution >= 0.6 is 11.8 Å². The van der Waals surface area contributed by atoms with E-state index >= 15 is 0 Å². The van der Waals surface area contributed by atoms with E-state index in [1.165, 1.54) is 4.57 Å². The van der Waals surface area contributed by atoms with Crippen LogP contribution in [0.1, 0.15) is 19.8 Å². The van der Waals surface area contributed by atoms with Crippen molar-refractivity contribution in [3.05, 3.63) is 40.3 Å². The number of hydrogen-bond acceptors (Lipinski definition) is 5. The Morgan fingerprint density at radius 1 is 1.54 bits per heavy atom. The van der Waals surface area contributed by atoms with Gasteiger partial charge in [0.25, 0.3) is 0 Å². The molecule has 10 heteroatoms. The Labute approximate surface area is 152 Å². The Kier molecular flexibility index (Phi) is 5.72. The van der Waals surface area contributed by atoms with Crippen LogP contribution in [0.15, 0.2) is 28.2 Å². The zero-order chi connectivity index (χ0) is 18.7. The van der Waals surface area contributed by atoms with Gasteiger partial charge in [0.05, 0.1) is 23.6 Å². The van der Waals surface area contributed by atoms with E-state index in [0.717, 1.165) is 36.7 Å². The number of amides is 1. The van der Waals surface area contributed by atoms with Gasteiger partial charge in [-0.25, -0.2) is 18.7 Å². The number of nitrogens with zero attached hydrogens (tertiary/aromatic N) is 2. The van der Waals surface area contributed by atoms with Crippen LogP contribution in [-0.4, -0.2) is 38.6 Å². The number of thioether (sulfide) groups is 1. The molecule has 0 spiro atoms. The molecular formula is C16H18F2N4O3S. The summed E-state index contributed by atoms with van der Waals surface area (Å²) in [5.74, 6) is -2.07. The van der Waals surface area contributed by atoms with Gasteiger partial charge in [0, 0.05) is 12.7 Å². The second-order valence-corrected chi connectivity index (χ2v) is 7.24. The smallest absolute Gasteiger partial charge is 0.344 e. The fourth-order valence-corrected chi connectivity index (χ4v) is 3.45. The monoisotopic (exact) mass is 384 g/mol. The summed E-state index contributed by atoms with van der Waals surface area (Å²) in [6.45, 7) is 2.64. The lowest BCUT2D eigenvalue weighted by Crippen LogP contribution is -2.27. The average molecular weight is 384 g/mol. The van der Waals surface area contributed by atoms with Crippen molar-refractivity contribution in [1.29, 1.82) is 0 Å². The van der Waals surface area contributed by atoms with Gasteiger partial charge >= 0.3 is 5.69 Å². The van der Waals surface area contributed by atoms with Crippen LogP contribution in [0.25, 0.3) is 0 Å². The molecule has 26 heavy (non-hydrogen) atoms. The summed E-state index contributed by atoms with van der Waals surface area (Å²) in [4.78, 5) is 24.2. The number of ether oxygens (including phenoxy) is 1. The largest absolute Gasteiger partial charge is 0.376 e. The molecule has 2 N–H and O–H groups in total. The van der Waals surface area contributed by atoms with Crippen LogP contribution in [-0.2, 0) is 16.1 Å². The zero-order valence-electron chi connectivity index (χ0n) is 14.0. The van der Waals surface area contributed by atoms with Gasteiger partial charge in [0.1, 0.15) is 11.6 Å². The molecule has 0 radical (unpaired) electrons. The Bertz CT molecular complexity index is 848. The first-order valence-electron chi connectivity index (χ1n) is 8.13. The number of hydrogen-bond donors (Lipinski definition) is 2.